The van der Waals surface area contributed by atoms with Gasteiger partial charge in [0.1, 0.15) is 43.2 Å². The molecule has 1 fully saturated rings. The number of phosphoric ester groups is 1. The zero-order chi connectivity index (χ0) is 40.0. The molecule has 0 saturated heterocycles. The van der Waals surface area contributed by atoms with Crippen molar-refractivity contribution in [1.29, 1.82) is 0 Å². The predicted molar refractivity (Wildman–Crippen MR) is 207 cm³/mol. The summed E-state index contributed by atoms with van der Waals surface area (Å²) in [6, 6.07) is 0. The normalized spacial score (nSPS) is 23.3. The molecular formula is C40H75O13P. The monoisotopic (exact) mass is 794 g/mol. The van der Waals surface area contributed by atoms with Crippen molar-refractivity contribution < 1.29 is 63.1 Å². The van der Waals surface area contributed by atoms with Gasteiger partial charge in [-0.05, 0) is 38.5 Å². The van der Waals surface area contributed by atoms with Crippen LogP contribution in [0.3, 0.4) is 0 Å². The summed E-state index contributed by atoms with van der Waals surface area (Å²) in [6.45, 7) is 3.25. The Morgan fingerprint density at radius 2 is 0.944 bits per heavy atom. The van der Waals surface area contributed by atoms with Gasteiger partial charge in [0.05, 0.1) is 6.61 Å². The highest BCUT2D eigenvalue weighted by Gasteiger charge is 2.51. The van der Waals surface area contributed by atoms with Crippen LogP contribution in [0.4, 0.5) is 0 Å². The third kappa shape index (κ3) is 24.3. The van der Waals surface area contributed by atoms with Crippen LogP contribution in [-0.2, 0) is 32.7 Å². The van der Waals surface area contributed by atoms with Crippen LogP contribution in [0, 0.1) is 0 Å². The van der Waals surface area contributed by atoms with E-state index in [2.05, 4.69) is 26.0 Å². The molecule has 0 amide bonds. The van der Waals surface area contributed by atoms with E-state index >= 15 is 0 Å². The lowest BCUT2D eigenvalue weighted by atomic mass is 9.85. The van der Waals surface area contributed by atoms with Gasteiger partial charge in [0, 0.05) is 12.8 Å². The van der Waals surface area contributed by atoms with Crippen LogP contribution >= 0.6 is 7.82 Å². The summed E-state index contributed by atoms with van der Waals surface area (Å²) in [7, 11) is -5.11. The van der Waals surface area contributed by atoms with Gasteiger partial charge in [0.2, 0.25) is 0 Å². The van der Waals surface area contributed by atoms with Crippen molar-refractivity contribution in [3.8, 4) is 0 Å². The summed E-state index contributed by atoms with van der Waals surface area (Å²) in [6.07, 6.45) is 17.1. The van der Waals surface area contributed by atoms with Gasteiger partial charge in [-0.25, -0.2) is 4.57 Å². The van der Waals surface area contributed by atoms with Crippen LogP contribution < -0.4 is 0 Å². The van der Waals surface area contributed by atoms with Crippen molar-refractivity contribution in [1.82, 2.24) is 0 Å². The van der Waals surface area contributed by atoms with E-state index < -0.39 is 75.7 Å². The summed E-state index contributed by atoms with van der Waals surface area (Å²) in [5.74, 6) is -1.11. The van der Waals surface area contributed by atoms with E-state index in [0.29, 0.717) is 12.8 Å². The third-order valence-electron chi connectivity index (χ3n) is 9.86. The molecule has 1 saturated carbocycles. The van der Waals surface area contributed by atoms with E-state index in [-0.39, 0.29) is 12.8 Å². The second-order valence-corrected chi connectivity index (χ2v) is 16.3. The number of aliphatic hydroxyl groups excluding tert-OH is 5. The molecule has 0 spiro atoms. The highest BCUT2D eigenvalue weighted by Crippen LogP contribution is 2.47. The molecule has 0 aromatic rings. The molecule has 0 aromatic heterocycles. The first-order valence-corrected chi connectivity index (χ1v) is 22.5. The number of rotatable bonds is 34. The van der Waals surface area contributed by atoms with Crippen molar-refractivity contribution in [3.05, 3.63) is 12.2 Å². The average Bonchev–Trinajstić information content (AvgIpc) is 3.15. The summed E-state index contributed by atoms with van der Waals surface area (Å²) < 4.78 is 33.4. The second-order valence-electron chi connectivity index (χ2n) is 14.8. The Hall–Kier alpha value is -1.41. The number of ether oxygens (including phenoxy) is 2. The van der Waals surface area contributed by atoms with E-state index in [4.69, 9.17) is 18.5 Å². The third-order valence-corrected chi connectivity index (χ3v) is 10.8. The van der Waals surface area contributed by atoms with Crippen LogP contribution in [0.15, 0.2) is 12.2 Å². The summed E-state index contributed by atoms with van der Waals surface area (Å²) in [5, 5.41) is 50.0. The summed E-state index contributed by atoms with van der Waals surface area (Å²) >= 11 is 0. The Bertz CT molecular complexity index is 1010. The fourth-order valence-corrected chi connectivity index (χ4v) is 7.37. The van der Waals surface area contributed by atoms with Crippen molar-refractivity contribution >= 4 is 19.8 Å². The van der Waals surface area contributed by atoms with Gasteiger partial charge in [0.25, 0.3) is 0 Å². The molecule has 0 aromatic carbocycles. The van der Waals surface area contributed by atoms with Crippen LogP contribution in [0.25, 0.3) is 0 Å². The Kier molecular flexibility index (Phi) is 29.7. The molecule has 1 aliphatic carbocycles. The largest absolute Gasteiger partial charge is 0.472 e. The first-order chi connectivity index (χ1) is 25.9. The SMILES string of the molecule is CCCCCC/C=C\CCCCCCCC(=O)O[C@H](COC(=O)CCCCCCCCCCCCCC)COP(=O)(O)OC1C(O)C(O)C(O)[C@@H](O)C1O. The number of phosphoric acid groups is 1. The highest BCUT2D eigenvalue weighted by molar-refractivity contribution is 7.47. The number of unbranched alkanes of at least 4 members (excludes halogenated alkanes) is 20. The molecule has 0 heterocycles. The smallest absolute Gasteiger partial charge is 0.462 e. The number of hydrogen-bond donors (Lipinski definition) is 6. The maximum absolute atomic E-state index is 12.8. The van der Waals surface area contributed by atoms with Gasteiger partial charge in [0.15, 0.2) is 6.10 Å². The van der Waals surface area contributed by atoms with Gasteiger partial charge in [-0.15, -0.1) is 0 Å². The molecule has 0 bridgehead atoms. The zero-order valence-corrected chi connectivity index (χ0v) is 34.2. The maximum atomic E-state index is 12.8. The molecule has 14 heteroatoms. The quantitative estimate of drug-likeness (QED) is 0.0166. The summed E-state index contributed by atoms with van der Waals surface area (Å²) in [4.78, 5) is 35.5. The van der Waals surface area contributed by atoms with Crippen LogP contribution in [0.5, 0.6) is 0 Å². The van der Waals surface area contributed by atoms with Crippen molar-refractivity contribution in [2.75, 3.05) is 13.2 Å². The fraction of sp³-hybridized carbons (Fsp3) is 0.900. The number of carbonyl (C=O) groups excluding carboxylic acids is 2. The number of carbonyl (C=O) groups is 2. The van der Waals surface area contributed by atoms with E-state index in [1.165, 1.54) is 77.0 Å². The fourth-order valence-electron chi connectivity index (χ4n) is 6.40. The first-order valence-electron chi connectivity index (χ1n) is 21.0. The van der Waals surface area contributed by atoms with Crippen LogP contribution in [-0.4, -0.2) is 98.3 Å². The van der Waals surface area contributed by atoms with Crippen molar-refractivity contribution in [2.45, 2.75) is 217 Å². The van der Waals surface area contributed by atoms with E-state index in [0.717, 1.165) is 57.8 Å². The van der Waals surface area contributed by atoms with E-state index in [1.54, 1.807) is 0 Å². The highest BCUT2D eigenvalue weighted by atomic mass is 31.2. The standard InChI is InChI=1S/C40H75O13P/c1-3-5-7-9-11-13-15-17-19-21-23-25-27-29-34(42)52-32(30-50-33(41)28-26-24-22-20-18-16-14-12-10-8-6-4-2)31-51-54(48,49)53-40-38(46)36(44)35(43)37(45)39(40)47/h13,15,32,35-40,43-47H,3-12,14,16-31H2,1-2H3,(H,48,49)/b15-13-/t32-,35?,36-,37?,38?,39?,40?/m1/s1. The van der Waals surface area contributed by atoms with Gasteiger partial charge < -0.3 is 39.9 Å². The molecule has 0 aliphatic heterocycles. The Morgan fingerprint density at radius 3 is 1.43 bits per heavy atom. The molecule has 6 N–H and O–H groups in total. The molecule has 1 rings (SSSR count). The molecular weight excluding hydrogens is 719 g/mol. The minimum absolute atomic E-state index is 0.0901. The molecule has 318 valence electrons. The topological polar surface area (TPSA) is 210 Å². The number of esters is 2. The Labute approximate surface area is 324 Å². The van der Waals surface area contributed by atoms with Gasteiger partial charge in [-0.1, -0.05) is 135 Å². The van der Waals surface area contributed by atoms with E-state index in [1.807, 2.05) is 0 Å². The lowest BCUT2D eigenvalue weighted by Crippen LogP contribution is -2.64. The lowest BCUT2D eigenvalue weighted by molar-refractivity contribution is -0.220. The maximum Gasteiger partial charge on any atom is 0.472 e. The molecule has 6 unspecified atom stereocenters. The Balaban J connectivity index is 2.52. The Morgan fingerprint density at radius 1 is 0.556 bits per heavy atom. The van der Waals surface area contributed by atoms with Gasteiger partial charge in [-0.2, -0.15) is 0 Å². The van der Waals surface area contributed by atoms with E-state index in [9.17, 15) is 44.6 Å². The number of allylic oxidation sites excluding steroid dienone is 2. The van der Waals surface area contributed by atoms with Gasteiger partial charge >= 0.3 is 19.8 Å². The molecule has 0 radical (unpaired) electrons. The average molecular weight is 795 g/mol. The molecule has 1 aliphatic rings. The van der Waals surface area contributed by atoms with Crippen LogP contribution in [0.1, 0.15) is 174 Å². The minimum atomic E-state index is -5.11. The van der Waals surface area contributed by atoms with Crippen molar-refractivity contribution in [2.24, 2.45) is 0 Å². The number of hydrogen-bond acceptors (Lipinski definition) is 12. The predicted octanol–water partition coefficient (Wildman–Crippen LogP) is 7.11. The number of aliphatic hydroxyl groups is 5. The van der Waals surface area contributed by atoms with Gasteiger partial charge in [-0.3, -0.25) is 18.6 Å². The minimum Gasteiger partial charge on any atom is -0.462 e. The summed E-state index contributed by atoms with van der Waals surface area (Å²) in [5.41, 5.74) is 0. The van der Waals surface area contributed by atoms with Crippen LogP contribution in [0.2, 0.25) is 0 Å². The van der Waals surface area contributed by atoms with Crippen molar-refractivity contribution in [3.63, 3.8) is 0 Å². The molecule has 54 heavy (non-hydrogen) atoms. The zero-order valence-electron chi connectivity index (χ0n) is 33.3. The lowest BCUT2D eigenvalue weighted by Gasteiger charge is -2.41. The first kappa shape index (κ1) is 50.6. The molecule has 13 nitrogen and oxygen atoms in total. The second kappa shape index (κ2) is 31.6. The molecule has 8 atom stereocenters.